The van der Waals surface area contributed by atoms with Gasteiger partial charge in [0, 0.05) is 25.0 Å². The van der Waals surface area contributed by atoms with Gasteiger partial charge in [-0.25, -0.2) is 8.42 Å². The first-order chi connectivity index (χ1) is 13.6. The van der Waals surface area contributed by atoms with Crippen LogP contribution >= 0.6 is 0 Å². The Bertz CT molecular complexity index is 713. The number of hydrogen-bond donors (Lipinski definition) is 1. The van der Waals surface area contributed by atoms with E-state index in [0.29, 0.717) is 13.1 Å². The van der Waals surface area contributed by atoms with Crippen LogP contribution in [0.1, 0.15) is 84.6 Å². The van der Waals surface area contributed by atoms with Crippen LogP contribution in [0.25, 0.3) is 0 Å². The van der Waals surface area contributed by atoms with Gasteiger partial charge in [-0.15, -0.1) is 0 Å². The van der Waals surface area contributed by atoms with Crippen LogP contribution in [0.15, 0.2) is 30.3 Å². The molecular weight excluding hydrogens is 396 g/mol. The Morgan fingerprint density at radius 1 is 0.900 bits per heavy atom. The molecule has 1 atom stereocenters. The predicted molar refractivity (Wildman–Crippen MR) is 126 cm³/mol. The van der Waals surface area contributed by atoms with Crippen LogP contribution in [-0.2, 0) is 20.6 Å². The Balaban J connectivity index is 0.00000225. The Hall–Kier alpha value is -1.40. The summed E-state index contributed by atoms with van der Waals surface area (Å²) in [6.07, 6.45) is 10.6. The van der Waals surface area contributed by atoms with E-state index in [0.717, 1.165) is 50.5 Å². The van der Waals surface area contributed by atoms with Gasteiger partial charge in [0.25, 0.3) is 0 Å². The second kappa shape index (κ2) is 13.1. The fourth-order valence-electron chi connectivity index (χ4n) is 4.49. The van der Waals surface area contributed by atoms with Crippen molar-refractivity contribution >= 4 is 15.9 Å². The minimum atomic E-state index is -3.39. The number of hydrogen-bond acceptors (Lipinski definition) is 3. The van der Waals surface area contributed by atoms with Crippen molar-refractivity contribution in [2.45, 2.75) is 90.9 Å². The molecule has 1 amide bonds. The van der Waals surface area contributed by atoms with Gasteiger partial charge in [0.15, 0.2) is 0 Å². The van der Waals surface area contributed by atoms with Crippen LogP contribution in [0.5, 0.6) is 0 Å². The van der Waals surface area contributed by atoms with E-state index in [-0.39, 0.29) is 38.5 Å². The highest BCUT2D eigenvalue weighted by molar-refractivity contribution is 7.88. The molecule has 30 heavy (non-hydrogen) atoms. The molecule has 1 aromatic carbocycles. The highest BCUT2D eigenvalue weighted by Gasteiger charge is 2.33. The van der Waals surface area contributed by atoms with E-state index in [1.54, 1.807) is 4.31 Å². The first kappa shape index (κ1) is 26.6. The van der Waals surface area contributed by atoms with Crippen molar-refractivity contribution in [1.29, 1.82) is 0 Å². The molecule has 1 heterocycles. The van der Waals surface area contributed by atoms with Crippen LogP contribution < -0.4 is 5.32 Å². The number of sulfonamides is 1. The maximum Gasteiger partial charge on any atom is 0.223 e. The zero-order valence-corrected chi connectivity index (χ0v) is 17.6. The number of carbonyl (C=O) groups is 1. The number of amides is 1. The second-order valence-corrected chi connectivity index (χ2v) is 10.2. The van der Waals surface area contributed by atoms with Gasteiger partial charge in [0.05, 0.1) is 5.75 Å². The molecule has 1 aliphatic carbocycles. The molecule has 2 fully saturated rings. The molecule has 6 heteroatoms. The average Bonchev–Trinajstić information content (AvgIpc) is 2.66. The molecular formula is C24H42N2O3S. The monoisotopic (exact) mass is 438 g/mol. The van der Waals surface area contributed by atoms with Crippen molar-refractivity contribution in [2.75, 3.05) is 13.1 Å². The topological polar surface area (TPSA) is 66.5 Å². The van der Waals surface area contributed by atoms with Gasteiger partial charge in [-0.05, 0) is 31.2 Å². The summed E-state index contributed by atoms with van der Waals surface area (Å²) in [6, 6.07) is 9.21. The molecule has 1 aliphatic heterocycles. The summed E-state index contributed by atoms with van der Waals surface area (Å²) < 4.78 is 27.7. The minimum absolute atomic E-state index is 0. The van der Waals surface area contributed by atoms with Gasteiger partial charge in [-0.1, -0.05) is 83.7 Å². The highest BCUT2D eigenvalue weighted by atomic mass is 32.2. The van der Waals surface area contributed by atoms with E-state index in [4.69, 9.17) is 0 Å². The molecule has 1 saturated carbocycles. The van der Waals surface area contributed by atoms with Crippen molar-refractivity contribution in [1.82, 2.24) is 9.62 Å². The first-order valence-electron chi connectivity index (χ1n) is 10.9. The first-order valence-corrected chi connectivity index (χ1v) is 12.5. The summed E-state index contributed by atoms with van der Waals surface area (Å²) in [5, 5.41) is 3.09. The highest BCUT2D eigenvalue weighted by Crippen LogP contribution is 2.24. The van der Waals surface area contributed by atoms with E-state index >= 15 is 0 Å². The van der Waals surface area contributed by atoms with E-state index in [2.05, 4.69) is 5.32 Å². The van der Waals surface area contributed by atoms with Gasteiger partial charge in [0.2, 0.25) is 15.9 Å². The second-order valence-electron chi connectivity index (χ2n) is 8.29. The molecule has 0 spiro atoms. The molecule has 3 rings (SSSR count). The average molecular weight is 439 g/mol. The van der Waals surface area contributed by atoms with Crippen LogP contribution in [0, 0.1) is 5.92 Å². The van der Waals surface area contributed by atoms with Crippen molar-refractivity contribution in [3.63, 3.8) is 0 Å². The molecule has 1 unspecified atom stereocenters. The summed E-state index contributed by atoms with van der Waals surface area (Å²) in [6.45, 7) is 0.989. The van der Waals surface area contributed by atoms with Gasteiger partial charge >= 0.3 is 0 Å². The normalized spacial score (nSPS) is 21.4. The Labute approximate surface area is 184 Å². The molecule has 0 bridgehead atoms. The zero-order chi connectivity index (χ0) is 19.8. The Kier molecular flexibility index (Phi) is 11.6. The lowest BCUT2D eigenvalue weighted by atomic mass is 9.90. The summed E-state index contributed by atoms with van der Waals surface area (Å²) in [7, 11) is -3.39. The number of benzene rings is 1. The smallest absolute Gasteiger partial charge is 0.223 e. The third kappa shape index (κ3) is 7.69. The summed E-state index contributed by atoms with van der Waals surface area (Å²) in [5.74, 6) is 0.243. The van der Waals surface area contributed by atoms with E-state index in [1.807, 2.05) is 30.3 Å². The molecule has 5 nitrogen and oxygen atoms in total. The number of carbonyl (C=O) groups excluding carboxylic acids is 1. The number of piperidine rings is 1. The third-order valence-corrected chi connectivity index (χ3v) is 8.00. The van der Waals surface area contributed by atoms with Gasteiger partial charge in [-0.3, -0.25) is 4.79 Å². The maximum absolute atomic E-state index is 13.0. The lowest BCUT2D eigenvalue weighted by Gasteiger charge is -2.35. The predicted octanol–water partition coefficient (Wildman–Crippen LogP) is 5.12. The molecule has 0 aromatic heterocycles. The van der Waals surface area contributed by atoms with Crippen molar-refractivity contribution in [2.24, 2.45) is 5.92 Å². The standard InChI is InChI=1S/C22H34N2O3S.2CH4/c25-22(20-13-7-2-1-3-8-14-20)23-17-21-15-9-10-16-24(21)28(26,27)18-19-11-5-4-6-12-19;;/h4-6,11-12,20-21H,1-3,7-10,13-18H2,(H,23,25);2*1H4. The zero-order valence-electron chi connectivity index (χ0n) is 16.8. The van der Waals surface area contributed by atoms with Crippen LogP contribution in [0.3, 0.4) is 0 Å². The molecule has 1 N–H and O–H groups in total. The fourth-order valence-corrected chi connectivity index (χ4v) is 6.31. The van der Waals surface area contributed by atoms with Gasteiger partial charge in [0.1, 0.15) is 0 Å². The lowest BCUT2D eigenvalue weighted by Crippen LogP contribution is -2.50. The van der Waals surface area contributed by atoms with Crippen LogP contribution in [-0.4, -0.2) is 37.8 Å². The van der Waals surface area contributed by atoms with Crippen molar-refractivity contribution in [3.05, 3.63) is 35.9 Å². The van der Waals surface area contributed by atoms with E-state index in [1.165, 1.54) is 19.3 Å². The summed E-state index contributed by atoms with van der Waals surface area (Å²) in [4.78, 5) is 12.7. The van der Waals surface area contributed by atoms with Gasteiger partial charge in [-0.2, -0.15) is 4.31 Å². The Morgan fingerprint density at radius 2 is 1.50 bits per heavy atom. The molecule has 172 valence electrons. The van der Waals surface area contributed by atoms with Crippen molar-refractivity contribution < 1.29 is 13.2 Å². The van der Waals surface area contributed by atoms with Crippen LogP contribution in [0.2, 0.25) is 0 Å². The SMILES string of the molecule is C.C.O=C(NCC1CCCCN1S(=O)(=O)Cc1ccccc1)C1CCCCCCC1. The van der Waals surface area contributed by atoms with Crippen LogP contribution in [0.4, 0.5) is 0 Å². The molecule has 0 radical (unpaired) electrons. The molecule has 2 aliphatic rings. The third-order valence-electron chi connectivity index (χ3n) is 6.11. The molecule has 1 saturated heterocycles. The number of nitrogens with zero attached hydrogens (tertiary/aromatic N) is 1. The summed E-state index contributed by atoms with van der Waals surface area (Å²) >= 11 is 0. The lowest BCUT2D eigenvalue weighted by molar-refractivity contribution is -0.125. The van der Waals surface area contributed by atoms with E-state index < -0.39 is 10.0 Å². The number of rotatable bonds is 6. The quantitative estimate of drug-likeness (QED) is 0.670. The Morgan fingerprint density at radius 3 is 2.17 bits per heavy atom. The summed E-state index contributed by atoms with van der Waals surface area (Å²) in [5.41, 5.74) is 0.811. The number of nitrogens with one attached hydrogen (secondary N) is 1. The van der Waals surface area contributed by atoms with Crippen molar-refractivity contribution in [3.8, 4) is 0 Å². The van der Waals surface area contributed by atoms with E-state index in [9.17, 15) is 13.2 Å². The minimum Gasteiger partial charge on any atom is -0.354 e. The largest absolute Gasteiger partial charge is 0.354 e. The molecule has 1 aromatic rings. The fraction of sp³-hybridized carbons (Fsp3) is 0.708. The maximum atomic E-state index is 13.0. The van der Waals surface area contributed by atoms with Gasteiger partial charge < -0.3 is 5.32 Å².